The predicted octanol–water partition coefficient (Wildman–Crippen LogP) is -9.02. The van der Waals surface area contributed by atoms with E-state index in [-0.39, 0.29) is 21.2 Å². The number of benzene rings is 2. The van der Waals surface area contributed by atoms with Gasteiger partial charge in [0.2, 0.25) is 0 Å². The molecule has 0 atom stereocenters. The zero-order chi connectivity index (χ0) is 23.2. The van der Waals surface area contributed by atoms with Crippen LogP contribution in [-0.4, -0.2) is 84.5 Å². The summed E-state index contributed by atoms with van der Waals surface area (Å²) in [5.74, 6) is 0. The lowest BCUT2D eigenvalue weighted by Crippen LogP contribution is -3.61. The second-order valence-electron chi connectivity index (χ2n) is 4.05. The monoisotopic (exact) mass is 528 g/mol. The van der Waals surface area contributed by atoms with Crippen LogP contribution in [0.3, 0.4) is 0 Å². The van der Waals surface area contributed by atoms with Gasteiger partial charge in [-0.15, -0.1) is 0 Å². The van der Waals surface area contributed by atoms with Crippen LogP contribution in [0.5, 0.6) is 0 Å². The van der Waals surface area contributed by atoms with Crippen molar-refractivity contribution in [2.75, 3.05) is 0 Å². The van der Waals surface area contributed by atoms with Crippen molar-refractivity contribution >= 4 is 29.3 Å². The van der Waals surface area contributed by atoms with E-state index >= 15 is 0 Å². The van der Waals surface area contributed by atoms with Crippen LogP contribution in [0.4, 0.5) is 0 Å². The zero-order valence-corrected chi connectivity index (χ0v) is 16.9. The lowest BCUT2D eigenvalue weighted by atomic mass is 10.3. The average molecular weight is 527 g/mol. The van der Waals surface area contributed by atoms with Crippen LogP contribution in [0.15, 0.2) is 60.7 Å². The van der Waals surface area contributed by atoms with Gasteiger partial charge in [-0.25, -0.2) is 0 Å². The molecule has 0 aliphatic rings. The second-order valence-corrected chi connectivity index (χ2v) is 7.08. The molecule has 2 aromatic rings. The minimum absolute atomic E-state index is 0.0287. The van der Waals surface area contributed by atoms with Crippen LogP contribution in [0.25, 0.3) is 0 Å². The molecular weight excluding hydrogens is 506 g/mol. The van der Waals surface area contributed by atoms with Gasteiger partial charge in [0, 0.05) is 0 Å². The Bertz CT molecular complexity index is 481. The van der Waals surface area contributed by atoms with Crippen LogP contribution >= 0.6 is 0 Å². The molecular formula is C12H21B4IO12. The standard InChI is InChI=1S/C12H10I.3BH3O3.BH2O3/c1-3-7-11(8-4-1)13-12-9-5-2-6-10-12;4*2-1(3)4/h1-10H;3*2-4H;2-3H/q+1;;;;-1. The van der Waals surface area contributed by atoms with E-state index in [2.05, 4.69) is 60.7 Å². The Kier molecular flexibility index (Phi) is 26.1. The summed E-state index contributed by atoms with van der Waals surface area (Å²) in [6.07, 6.45) is 0. The molecule has 0 unspecified atom stereocenters. The lowest BCUT2D eigenvalue weighted by Gasteiger charge is -1.92. The largest absolute Gasteiger partial charge is 0.832 e. The summed E-state index contributed by atoms with van der Waals surface area (Å²) in [5.41, 5.74) is 0. The molecule has 0 bridgehead atoms. The van der Waals surface area contributed by atoms with Gasteiger partial charge in [0.1, 0.15) is 0 Å². The highest BCUT2D eigenvalue weighted by Crippen LogP contribution is 1.85. The molecule has 2 rings (SSSR count). The summed E-state index contributed by atoms with van der Waals surface area (Å²) < 4.78 is 2.96. The summed E-state index contributed by atoms with van der Waals surface area (Å²) in [7, 11) is -8.92. The molecule has 2 aromatic carbocycles. The first-order valence-corrected chi connectivity index (χ1v) is 9.43. The summed E-state index contributed by atoms with van der Waals surface area (Å²) in [6, 6.07) is 21.4. The minimum Gasteiger partial charge on any atom is -0.832 e. The highest BCUT2D eigenvalue weighted by molar-refractivity contribution is 6.31. The Morgan fingerprint density at radius 1 is 0.483 bits per heavy atom. The molecule has 0 amide bonds. The highest BCUT2D eigenvalue weighted by Gasteiger charge is 2.12. The van der Waals surface area contributed by atoms with E-state index in [4.69, 9.17) is 60.3 Å². The van der Waals surface area contributed by atoms with E-state index in [1.165, 1.54) is 7.14 Å². The highest BCUT2D eigenvalue weighted by atomic mass is 127. The van der Waals surface area contributed by atoms with Gasteiger partial charge in [0.05, 0.1) is 0 Å². The number of halogens is 1. The van der Waals surface area contributed by atoms with E-state index in [1.54, 1.807) is 0 Å². The van der Waals surface area contributed by atoms with Crippen molar-refractivity contribution < 1.29 is 81.5 Å². The van der Waals surface area contributed by atoms with Crippen molar-refractivity contribution in [2.45, 2.75) is 0 Å². The average Bonchev–Trinajstić information content (AvgIpc) is 2.54. The van der Waals surface area contributed by atoms with Gasteiger partial charge in [0.15, 0.2) is 7.14 Å². The maximum Gasteiger partial charge on any atom is 0.631 e. The topological polar surface area (TPSA) is 246 Å². The molecule has 0 saturated heterocycles. The van der Waals surface area contributed by atoms with E-state index < -0.39 is 29.3 Å². The van der Waals surface area contributed by atoms with Crippen molar-refractivity contribution in [3.63, 3.8) is 0 Å². The molecule has 17 heteroatoms. The quantitative estimate of drug-likeness (QED) is 0.129. The first kappa shape index (κ1) is 32.6. The molecule has 0 spiro atoms. The first-order chi connectivity index (χ1) is 13.4. The molecule has 0 saturated carbocycles. The maximum atomic E-state index is 8.64. The summed E-state index contributed by atoms with van der Waals surface area (Å²) in [5, 5.41) is 87.2. The van der Waals surface area contributed by atoms with Crippen molar-refractivity contribution in [3.05, 3.63) is 67.8 Å². The molecule has 0 aliphatic carbocycles. The van der Waals surface area contributed by atoms with Crippen LogP contribution in [-0.2, 0) is 0 Å². The van der Waals surface area contributed by atoms with Gasteiger partial charge in [-0.05, 0) is 24.3 Å². The van der Waals surface area contributed by atoms with Crippen LogP contribution in [0, 0.1) is 7.14 Å². The van der Waals surface area contributed by atoms with E-state index in [9.17, 15) is 0 Å². The molecule has 0 aliphatic heterocycles. The normalized spacial score (nSPS) is 8.14. The summed E-state index contributed by atoms with van der Waals surface area (Å²) in [6.45, 7) is 0. The third kappa shape index (κ3) is 46.7. The minimum atomic E-state index is -2.42. The van der Waals surface area contributed by atoms with Crippen LogP contribution < -0.4 is 26.2 Å². The van der Waals surface area contributed by atoms with Crippen molar-refractivity contribution in [2.24, 2.45) is 0 Å². The van der Waals surface area contributed by atoms with E-state index in [0.717, 1.165) is 0 Å². The molecule has 0 fully saturated rings. The zero-order valence-electron chi connectivity index (χ0n) is 14.8. The molecule has 160 valence electrons. The Labute approximate surface area is 178 Å². The molecule has 12 nitrogen and oxygen atoms in total. The number of hydrogen-bond acceptors (Lipinski definition) is 12. The molecule has 0 heterocycles. The Morgan fingerprint density at radius 3 is 0.828 bits per heavy atom. The fourth-order valence-corrected chi connectivity index (χ4v) is 3.35. The fraction of sp³-hybridized carbons (Fsp3) is 0. The SMILES string of the molecule is OB(O)O.OB(O)O.OB(O)O.[O-]B(O)O.c1ccc([I+]c2ccccc2)cc1. The van der Waals surface area contributed by atoms with Crippen molar-refractivity contribution in [1.82, 2.24) is 0 Å². The first-order valence-electron chi connectivity index (χ1n) is 7.28. The second kappa shape index (κ2) is 23.2. The smallest absolute Gasteiger partial charge is 0.631 e. The van der Waals surface area contributed by atoms with Gasteiger partial charge in [-0.3, -0.25) is 0 Å². The van der Waals surface area contributed by atoms with Crippen LogP contribution in [0.1, 0.15) is 0 Å². The van der Waals surface area contributed by atoms with E-state index in [0.29, 0.717) is 0 Å². The van der Waals surface area contributed by atoms with E-state index in [1.807, 2.05) is 0 Å². The number of rotatable bonds is 2. The Hall–Kier alpha value is -1.05. The molecule has 11 N–H and O–H groups in total. The van der Waals surface area contributed by atoms with Gasteiger partial charge in [-0.2, -0.15) is 0 Å². The van der Waals surface area contributed by atoms with Crippen molar-refractivity contribution in [3.8, 4) is 0 Å². The number of hydrogen-bond donors (Lipinski definition) is 11. The predicted molar refractivity (Wildman–Crippen MR) is 97.7 cm³/mol. The summed E-state index contributed by atoms with van der Waals surface area (Å²) in [4.78, 5) is 0. The van der Waals surface area contributed by atoms with Gasteiger partial charge >= 0.3 is 50.5 Å². The third-order valence-electron chi connectivity index (χ3n) is 1.68. The Morgan fingerprint density at radius 2 is 0.655 bits per heavy atom. The lowest BCUT2D eigenvalue weighted by molar-refractivity contribution is -0.597. The molecule has 0 aromatic heterocycles. The van der Waals surface area contributed by atoms with Gasteiger partial charge in [0.25, 0.3) is 0 Å². The fourth-order valence-electron chi connectivity index (χ4n) is 1.08. The van der Waals surface area contributed by atoms with Gasteiger partial charge in [-0.1, -0.05) is 36.4 Å². The van der Waals surface area contributed by atoms with Crippen molar-refractivity contribution in [1.29, 1.82) is 0 Å². The Balaban J connectivity index is -0.000000352. The molecule has 0 radical (unpaired) electrons. The van der Waals surface area contributed by atoms with Crippen LogP contribution in [0.2, 0.25) is 0 Å². The van der Waals surface area contributed by atoms with Gasteiger partial charge < -0.3 is 60.3 Å². The molecule has 29 heavy (non-hydrogen) atoms. The third-order valence-corrected chi connectivity index (χ3v) is 4.37. The maximum absolute atomic E-state index is 8.64. The summed E-state index contributed by atoms with van der Waals surface area (Å²) >= 11 is 0.0287.